The predicted octanol–water partition coefficient (Wildman–Crippen LogP) is 7.59. The van der Waals surface area contributed by atoms with E-state index in [1.807, 2.05) is 0 Å². The SMILES string of the molecule is Cc1cc2c(c(C(C)(C)C)c1)OP(N=C=S)Oc1c(cc(C)cc1C(C)(C)C)C2. The summed E-state index contributed by atoms with van der Waals surface area (Å²) in [6.07, 6.45) is 0.755. The summed E-state index contributed by atoms with van der Waals surface area (Å²) in [5.41, 5.74) is 6.98. The molecule has 3 rings (SSSR count). The molecule has 1 aliphatic rings. The van der Waals surface area contributed by atoms with Crippen molar-refractivity contribution in [3.63, 3.8) is 0 Å². The number of isothiocyanates is 1. The maximum Gasteiger partial charge on any atom is 0.447 e. The van der Waals surface area contributed by atoms with Crippen molar-refractivity contribution < 1.29 is 9.05 Å². The summed E-state index contributed by atoms with van der Waals surface area (Å²) in [4.78, 5) is 0. The van der Waals surface area contributed by atoms with Crippen LogP contribution >= 0.6 is 20.7 Å². The molecule has 154 valence electrons. The summed E-state index contributed by atoms with van der Waals surface area (Å²) >= 11 is 4.90. The van der Waals surface area contributed by atoms with E-state index >= 15 is 0 Å². The van der Waals surface area contributed by atoms with Gasteiger partial charge in [0, 0.05) is 17.5 Å². The molecule has 5 heteroatoms. The Balaban J connectivity index is 2.32. The molecule has 2 aromatic rings. The largest absolute Gasteiger partial charge is 0.447 e. The molecule has 0 saturated carbocycles. The molecule has 29 heavy (non-hydrogen) atoms. The summed E-state index contributed by atoms with van der Waals surface area (Å²) in [6.45, 7) is 17.5. The van der Waals surface area contributed by atoms with Crippen LogP contribution in [-0.2, 0) is 17.3 Å². The van der Waals surface area contributed by atoms with Gasteiger partial charge >= 0.3 is 8.53 Å². The van der Waals surface area contributed by atoms with Crippen LogP contribution in [0.3, 0.4) is 0 Å². The number of rotatable bonds is 1. The molecular formula is C24H30NO2PS. The summed E-state index contributed by atoms with van der Waals surface area (Å²) in [7, 11) is -1.62. The van der Waals surface area contributed by atoms with Crippen LogP contribution < -0.4 is 9.05 Å². The summed E-state index contributed by atoms with van der Waals surface area (Å²) in [5, 5.41) is 2.47. The second-order valence-electron chi connectivity index (χ2n) is 9.89. The molecule has 0 aliphatic carbocycles. The molecule has 0 atom stereocenters. The van der Waals surface area contributed by atoms with Crippen LogP contribution in [0.1, 0.15) is 74.9 Å². The molecule has 0 unspecified atom stereocenters. The first-order chi connectivity index (χ1) is 13.4. The fraction of sp³-hybridized carbons (Fsp3) is 0.458. The summed E-state index contributed by atoms with van der Waals surface area (Å²) in [6, 6.07) is 8.83. The van der Waals surface area contributed by atoms with Gasteiger partial charge in [-0.3, -0.25) is 0 Å². The lowest BCUT2D eigenvalue weighted by atomic mass is 9.81. The normalized spacial score (nSPS) is 14.5. The van der Waals surface area contributed by atoms with E-state index in [1.54, 1.807) is 0 Å². The Labute approximate surface area is 181 Å². The van der Waals surface area contributed by atoms with Gasteiger partial charge in [-0.25, -0.2) is 0 Å². The average Bonchev–Trinajstić information content (AvgIpc) is 2.55. The molecule has 0 amide bonds. The van der Waals surface area contributed by atoms with Gasteiger partial charge in [0.15, 0.2) is 0 Å². The minimum absolute atomic E-state index is 0.0658. The lowest BCUT2D eigenvalue weighted by Gasteiger charge is -2.31. The van der Waals surface area contributed by atoms with Crippen LogP contribution in [0.4, 0.5) is 0 Å². The van der Waals surface area contributed by atoms with Crippen LogP contribution in [0.25, 0.3) is 0 Å². The monoisotopic (exact) mass is 427 g/mol. The van der Waals surface area contributed by atoms with Crippen LogP contribution in [0, 0.1) is 13.8 Å². The van der Waals surface area contributed by atoms with Crippen LogP contribution in [0.2, 0.25) is 0 Å². The van der Waals surface area contributed by atoms with E-state index in [1.165, 1.54) is 11.1 Å². The highest BCUT2D eigenvalue weighted by Gasteiger charge is 2.32. The van der Waals surface area contributed by atoms with E-state index < -0.39 is 8.53 Å². The highest BCUT2D eigenvalue weighted by molar-refractivity contribution is 7.78. The predicted molar refractivity (Wildman–Crippen MR) is 126 cm³/mol. The molecular weight excluding hydrogens is 397 g/mol. The van der Waals surface area contributed by atoms with E-state index in [9.17, 15) is 0 Å². The number of nitrogens with zero attached hydrogens (tertiary/aromatic N) is 1. The quantitative estimate of drug-likeness (QED) is 0.267. The van der Waals surface area contributed by atoms with E-state index in [0.717, 1.165) is 40.2 Å². The van der Waals surface area contributed by atoms with Crippen LogP contribution in [0.5, 0.6) is 11.5 Å². The number of hydrogen-bond donors (Lipinski definition) is 0. The van der Waals surface area contributed by atoms with Gasteiger partial charge in [0.05, 0.1) is 5.16 Å². The molecule has 1 aliphatic heterocycles. The number of aryl methyl sites for hydroxylation is 2. The molecule has 0 saturated heterocycles. The highest BCUT2D eigenvalue weighted by atomic mass is 32.1. The van der Waals surface area contributed by atoms with E-state index in [2.05, 4.69) is 89.6 Å². The van der Waals surface area contributed by atoms with Gasteiger partial charge < -0.3 is 9.05 Å². The van der Waals surface area contributed by atoms with Gasteiger partial charge in [0.2, 0.25) is 0 Å². The Bertz CT molecular complexity index is 924. The van der Waals surface area contributed by atoms with Crippen LogP contribution in [0.15, 0.2) is 29.0 Å². The first-order valence-corrected chi connectivity index (χ1v) is 11.5. The fourth-order valence-corrected chi connectivity index (χ4v) is 4.87. The molecule has 0 aromatic heterocycles. The zero-order valence-corrected chi connectivity index (χ0v) is 20.3. The smallest absolute Gasteiger partial charge is 0.421 e. The molecule has 0 radical (unpaired) electrons. The second kappa shape index (κ2) is 7.84. The standard InChI is InChI=1S/C24H30NO2PS/c1-15-9-17-13-18-10-16(2)12-20(24(6,7)8)22(18)27-28(25-14-29)26-21(17)19(11-15)23(3,4)5/h9-12H,13H2,1-8H3. The number of thiocarbonyl (C=S) groups is 1. The fourth-order valence-electron chi connectivity index (χ4n) is 3.74. The third-order valence-electron chi connectivity index (χ3n) is 5.08. The Kier molecular flexibility index (Phi) is 5.94. The van der Waals surface area contributed by atoms with Gasteiger partial charge in [-0.15, -0.1) is 4.76 Å². The van der Waals surface area contributed by atoms with Crippen molar-refractivity contribution in [2.45, 2.75) is 72.6 Å². The minimum Gasteiger partial charge on any atom is -0.421 e. The number of benzene rings is 2. The lowest BCUT2D eigenvalue weighted by Crippen LogP contribution is -2.18. The summed E-state index contributed by atoms with van der Waals surface area (Å²) in [5.74, 6) is 1.74. The average molecular weight is 428 g/mol. The summed E-state index contributed by atoms with van der Waals surface area (Å²) < 4.78 is 17.0. The van der Waals surface area contributed by atoms with Gasteiger partial charge in [0.1, 0.15) is 11.5 Å². The maximum absolute atomic E-state index is 6.39. The first kappa shape index (κ1) is 22.0. The Morgan fingerprint density at radius 1 is 0.828 bits per heavy atom. The Hall–Kier alpha value is -1.73. The van der Waals surface area contributed by atoms with Crippen LogP contribution in [-0.4, -0.2) is 5.16 Å². The van der Waals surface area contributed by atoms with Gasteiger partial charge in [0.25, 0.3) is 0 Å². The molecule has 0 bridgehead atoms. The Morgan fingerprint density at radius 2 is 1.24 bits per heavy atom. The van der Waals surface area contributed by atoms with Crippen molar-refractivity contribution in [3.8, 4) is 11.5 Å². The van der Waals surface area contributed by atoms with Crippen molar-refractivity contribution in [1.82, 2.24) is 0 Å². The molecule has 2 aromatic carbocycles. The van der Waals surface area contributed by atoms with Crippen molar-refractivity contribution in [2.75, 3.05) is 0 Å². The zero-order valence-electron chi connectivity index (χ0n) is 18.6. The number of fused-ring (bicyclic) bond motifs is 2. The van der Waals surface area contributed by atoms with E-state index in [-0.39, 0.29) is 10.8 Å². The molecule has 0 N–H and O–H groups in total. The van der Waals surface area contributed by atoms with Gasteiger partial charge in [-0.05, 0) is 48.0 Å². The second-order valence-corrected chi connectivity index (χ2v) is 11.1. The molecule has 3 nitrogen and oxygen atoms in total. The van der Waals surface area contributed by atoms with Crippen molar-refractivity contribution in [3.05, 3.63) is 57.6 Å². The van der Waals surface area contributed by atoms with Gasteiger partial charge in [-0.2, -0.15) is 0 Å². The van der Waals surface area contributed by atoms with Gasteiger partial charge in [-0.1, -0.05) is 76.9 Å². The van der Waals surface area contributed by atoms with E-state index in [0.29, 0.717) is 0 Å². The third kappa shape index (κ3) is 4.72. The topological polar surface area (TPSA) is 30.8 Å². The van der Waals surface area contributed by atoms with E-state index in [4.69, 9.17) is 21.3 Å². The van der Waals surface area contributed by atoms with Crippen molar-refractivity contribution in [1.29, 1.82) is 0 Å². The highest BCUT2D eigenvalue weighted by Crippen LogP contribution is 2.52. The minimum atomic E-state index is -1.62. The first-order valence-electron chi connectivity index (χ1n) is 9.92. The zero-order chi connectivity index (χ0) is 21.6. The van der Waals surface area contributed by atoms with Crippen molar-refractivity contribution >= 4 is 25.9 Å². The third-order valence-corrected chi connectivity index (χ3v) is 6.25. The Morgan fingerprint density at radius 3 is 1.59 bits per heavy atom. The maximum atomic E-state index is 6.39. The molecule has 1 heterocycles. The molecule has 0 fully saturated rings. The van der Waals surface area contributed by atoms with Crippen molar-refractivity contribution in [2.24, 2.45) is 4.76 Å². The number of hydrogen-bond acceptors (Lipinski definition) is 4. The lowest BCUT2D eigenvalue weighted by molar-refractivity contribution is 0.450. The molecule has 0 spiro atoms.